The van der Waals surface area contributed by atoms with Crippen LogP contribution in [0.5, 0.6) is 0 Å². The number of carbonyl (C=O) groups excluding carboxylic acids is 1. The smallest absolute Gasteiger partial charge is 0.273 e. The molecule has 1 aromatic heterocycles. The number of nitrogens with one attached hydrogen (secondary N) is 1. The molecule has 0 aliphatic carbocycles. The lowest BCUT2D eigenvalue weighted by molar-refractivity contribution is 0.102. The van der Waals surface area contributed by atoms with E-state index in [1.807, 2.05) is 0 Å². The highest BCUT2D eigenvalue weighted by atomic mass is 35.5. The molecule has 0 saturated carbocycles. The van der Waals surface area contributed by atoms with Gasteiger partial charge in [0, 0.05) is 18.3 Å². The van der Waals surface area contributed by atoms with E-state index in [9.17, 15) is 13.2 Å². The first-order chi connectivity index (χ1) is 12.8. The molecule has 3 rings (SSSR count). The molecule has 3 aromatic rings. The fourth-order valence-corrected chi connectivity index (χ4v) is 4.94. The molecule has 0 spiro atoms. The van der Waals surface area contributed by atoms with Crippen molar-refractivity contribution in [1.29, 1.82) is 0 Å². The topological polar surface area (TPSA) is 66.5 Å². The minimum atomic E-state index is -3.62. The molecule has 0 bridgehead atoms. The van der Waals surface area contributed by atoms with Crippen molar-refractivity contribution < 1.29 is 13.2 Å². The Morgan fingerprint density at radius 3 is 2.33 bits per heavy atom. The number of benzene rings is 2. The Hall–Kier alpha value is -2.06. The predicted octanol–water partition coefficient (Wildman–Crippen LogP) is 5.13. The van der Waals surface area contributed by atoms with Crippen LogP contribution in [0.3, 0.4) is 0 Å². The molecule has 0 fully saturated rings. The van der Waals surface area contributed by atoms with Crippen molar-refractivity contribution in [3.05, 3.63) is 75.6 Å². The molecule has 0 atom stereocenters. The molecule has 0 saturated heterocycles. The zero-order valence-electron chi connectivity index (χ0n) is 14.0. The fourth-order valence-electron chi connectivity index (χ4n) is 2.28. The van der Waals surface area contributed by atoms with Crippen LogP contribution in [-0.2, 0) is 10.0 Å². The van der Waals surface area contributed by atoms with Crippen LogP contribution >= 0.6 is 34.5 Å². The van der Waals surface area contributed by atoms with Gasteiger partial charge in [-0.15, -0.1) is 11.3 Å². The normalized spacial score (nSPS) is 11.2. The van der Waals surface area contributed by atoms with Crippen molar-refractivity contribution in [2.75, 3.05) is 16.7 Å². The van der Waals surface area contributed by atoms with Crippen molar-refractivity contribution in [2.24, 2.45) is 0 Å². The molecule has 0 aliphatic heterocycles. The number of sulfonamides is 1. The second-order valence-corrected chi connectivity index (χ2v) is 9.49. The molecule has 1 N–H and O–H groups in total. The highest BCUT2D eigenvalue weighted by molar-refractivity contribution is 7.94. The fraction of sp³-hybridized carbons (Fsp3) is 0.0556. The van der Waals surface area contributed by atoms with Gasteiger partial charge in [0.05, 0.1) is 15.7 Å². The largest absolute Gasteiger partial charge is 0.322 e. The molecule has 0 aliphatic rings. The molecular formula is C18H14Cl2N2O3S2. The van der Waals surface area contributed by atoms with E-state index in [2.05, 4.69) is 5.32 Å². The number of anilines is 2. The van der Waals surface area contributed by atoms with E-state index in [1.54, 1.807) is 60.0 Å². The Bertz CT molecular complexity index is 1070. The number of nitrogens with zero attached hydrogens (tertiary/aromatic N) is 1. The SMILES string of the molecule is CN(c1ccc(C(=O)Nc2ccc(Cl)c(Cl)c2)cc1)S(=O)(=O)c1cccs1. The van der Waals surface area contributed by atoms with Crippen molar-refractivity contribution >= 4 is 61.8 Å². The van der Waals surface area contributed by atoms with Gasteiger partial charge in [-0.3, -0.25) is 9.10 Å². The second-order valence-electron chi connectivity index (χ2n) is 5.53. The summed E-state index contributed by atoms with van der Waals surface area (Å²) in [5, 5.41) is 5.16. The summed E-state index contributed by atoms with van der Waals surface area (Å²) in [6, 6.07) is 14.3. The number of hydrogen-bond acceptors (Lipinski definition) is 4. The van der Waals surface area contributed by atoms with Gasteiger partial charge in [0.1, 0.15) is 4.21 Å². The molecule has 0 unspecified atom stereocenters. The van der Waals surface area contributed by atoms with Crippen molar-refractivity contribution in [3.63, 3.8) is 0 Å². The standard InChI is InChI=1S/C18H14Cl2N2O3S2/c1-22(27(24,25)17-3-2-10-26-17)14-7-4-12(5-8-14)18(23)21-13-6-9-15(19)16(20)11-13/h2-11H,1H3,(H,21,23). The Balaban J connectivity index is 1.76. The first-order valence-corrected chi connectivity index (χ1v) is 10.8. The van der Waals surface area contributed by atoms with E-state index in [0.29, 0.717) is 27.0 Å². The Morgan fingerprint density at radius 2 is 1.74 bits per heavy atom. The number of hydrogen-bond donors (Lipinski definition) is 1. The van der Waals surface area contributed by atoms with Crippen LogP contribution in [0.2, 0.25) is 10.0 Å². The Labute approximate surface area is 171 Å². The van der Waals surface area contributed by atoms with Gasteiger partial charge in [-0.2, -0.15) is 0 Å². The number of rotatable bonds is 5. The van der Waals surface area contributed by atoms with Gasteiger partial charge >= 0.3 is 0 Å². The third-order valence-electron chi connectivity index (χ3n) is 3.78. The van der Waals surface area contributed by atoms with Gasteiger partial charge in [0.15, 0.2) is 0 Å². The summed E-state index contributed by atoms with van der Waals surface area (Å²) in [4.78, 5) is 12.4. The summed E-state index contributed by atoms with van der Waals surface area (Å²) in [5.41, 5.74) is 1.34. The zero-order chi connectivity index (χ0) is 19.6. The van der Waals surface area contributed by atoms with Crippen molar-refractivity contribution in [3.8, 4) is 0 Å². The van der Waals surface area contributed by atoms with Gasteiger partial charge in [0.25, 0.3) is 15.9 Å². The maximum absolute atomic E-state index is 12.5. The first kappa shape index (κ1) is 19.7. The molecule has 9 heteroatoms. The number of thiophene rings is 1. The predicted molar refractivity (Wildman–Crippen MR) is 111 cm³/mol. The van der Waals surface area contributed by atoms with Crippen LogP contribution in [0, 0.1) is 0 Å². The maximum atomic E-state index is 12.5. The van der Waals surface area contributed by atoms with E-state index in [0.717, 1.165) is 11.3 Å². The maximum Gasteiger partial charge on any atom is 0.273 e. The van der Waals surface area contributed by atoms with E-state index >= 15 is 0 Å². The number of amides is 1. The molecule has 5 nitrogen and oxygen atoms in total. The minimum Gasteiger partial charge on any atom is -0.322 e. The summed E-state index contributed by atoms with van der Waals surface area (Å²) in [7, 11) is -2.14. The second kappa shape index (κ2) is 7.90. The zero-order valence-corrected chi connectivity index (χ0v) is 17.2. The highest BCUT2D eigenvalue weighted by Gasteiger charge is 2.22. The molecule has 0 radical (unpaired) electrons. The van der Waals surface area contributed by atoms with Crippen LogP contribution in [0.25, 0.3) is 0 Å². The summed E-state index contributed by atoms with van der Waals surface area (Å²) in [5.74, 6) is -0.344. The molecule has 1 amide bonds. The quantitative estimate of drug-likeness (QED) is 0.597. The lowest BCUT2D eigenvalue weighted by Crippen LogP contribution is -2.25. The highest BCUT2D eigenvalue weighted by Crippen LogP contribution is 2.27. The van der Waals surface area contributed by atoms with Crippen LogP contribution in [0.4, 0.5) is 11.4 Å². The van der Waals surface area contributed by atoms with E-state index in [-0.39, 0.29) is 10.1 Å². The average molecular weight is 441 g/mol. The molecule has 27 heavy (non-hydrogen) atoms. The summed E-state index contributed by atoms with van der Waals surface area (Å²) in [6.07, 6.45) is 0. The molecule has 140 valence electrons. The lowest BCUT2D eigenvalue weighted by Gasteiger charge is -2.18. The third-order valence-corrected chi connectivity index (χ3v) is 7.68. The van der Waals surface area contributed by atoms with Gasteiger partial charge in [-0.1, -0.05) is 29.3 Å². The van der Waals surface area contributed by atoms with Crippen LogP contribution in [0.15, 0.2) is 64.2 Å². The summed E-state index contributed by atoms with van der Waals surface area (Å²) >= 11 is 12.9. The van der Waals surface area contributed by atoms with E-state index < -0.39 is 10.0 Å². The monoisotopic (exact) mass is 440 g/mol. The number of carbonyl (C=O) groups is 1. The van der Waals surface area contributed by atoms with Crippen LogP contribution < -0.4 is 9.62 Å². The van der Waals surface area contributed by atoms with Crippen LogP contribution in [0.1, 0.15) is 10.4 Å². The van der Waals surface area contributed by atoms with Gasteiger partial charge < -0.3 is 5.32 Å². The average Bonchev–Trinajstić information content (AvgIpc) is 3.20. The van der Waals surface area contributed by atoms with Crippen molar-refractivity contribution in [1.82, 2.24) is 0 Å². The Morgan fingerprint density at radius 1 is 1.04 bits per heavy atom. The number of halogens is 2. The molecule has 2 aromatic carbocycles. The minimum absolute atomic E-state index is 0.256. The third kappa shape index (κ3) is 4.27. The van der Waals surface area contributed by atoms with Crippen molar-refractivity contribution in [2.45, 2.75) is 4.21 Å². The van der Waals surface area contributed by atoms with Crippen LogP contribution in [-0.4, -0.2) is 21.4 Å². The molecule has 1 heterocycles. The van der Waals surface area contributed by atoms with E-state index in [4.69, 9.17) is 23.2 Å². The molecular weight excluding hydrogens is 427 g/mol. The van der Waals surface area contributed by atoms with Gasteiger partial charge in [-0.25, -0.2) is 8.42 Å². The van der Waals surface area contributed by atoms with E-state index in [1.165, 1.54) is 11.4 Å². The van der Waals surface area contributed by atoms with Gasteiger partial charge in [-0.05, 0) is 53.9 Å². The van der Waals surface area contributed by atoms with Gasteiger partial charge in [0.2, 0.25) is 0 Å². The summed E-state index contributed by atoms with van der Waals surface area (Å²) < 4.78 is 26.5. The summed E-state index contributed by atoms with van der Waals surface area (Å²) in [6.45, 7) is 0. The Kier molecular flexibility index (Phi) is 5.76. The lowest BCUT2D eigenvalue weighted by atomic mass is 10.2. The first-order valence-electron chi connectivity index (χ1n) is 7.68.